The van der Waals surface area contributed by atoms with E-state index < -0.39 is 0 Å². The number of carbonyl (C=O) groups is 2. The molecular weight excluding hydrogens is 340 g/mol. The van der Waals surface area contributed by atoms with Crippen LogP contribution in [0.3, 0.4) is 0 Å². The fourth-order valence-corrected chi connectivity index (χ4v) is 4.81. The Bertz CT molecular complexity index is 689. The summed E-state index contributed by atoms with van der Waals surface area (Å²) in [6.07, 6.45) is 9.53. The first-order valence-electron chi connectivity index (χ1n) is 10.3. The van der Waals surface area contributed by atoms with Crippen LogP contribution in [0.25, 0.3) is 0 Å². The van der Waals surface area contributed by atoms with Gasteiger partial charge in [0.05, 0.1) is 12.2 Å². The van der Waals surface area contributed by atoms with Gasteiger partial charge in [0, 0.05) is 43.7 Å². The van der Waals surface area contributed by atoms with E-state index in [9.17, 15) is 9.59 Å². The summed E-state index contributed by atoms with van der Waals surface area (Å²) in [6, 6.07) is 6.17. The predicted molar refractivity (Wildman–Crippen MR) is 103 cm³/mol. The first-order valence-corrected chi connectivity index (χ1v) is 10.3. The van der Waals surface area contributed by atoms with E-state index in [1.54, 1.807) is 11.1 Å². The van der Waals surface area contributed by atoms with Crippen molar-refractivity contribution in [1.29, 1.82) is 0 Å². The fraction of sp³-hybridized carbons (Fsp3) is 0.667. The number of hydrogen-bond donors (Lipinski definition) is 1. The van der Waals surface area contributed by atoms with Gasteiger partial charge in [0.15, 0.2) is 0 Å². The van der Waals surface area contributed by atoms with E-state index in [1.807, 2.05) is 30.1 Å². The maximum atomic E-state index is 12.8. The number of rotatable bonds is 4. The first kappa shape index (κ1) is 18.3. The van der Waals surface area contributed by atoms with Crippen molar-refractivity contribution in [3.63, 3.8) is 0 Å². The molecule has 1 aliphatic heterocycles. The largest absolute Gasteiger partial charge is 0.340 e. The molecule has 4 rings (SSSR count). The van der Waals surface area contributed by atoms with Crippen LogP contribution in [0.1, 0.15) is 50.6 Å². The molecule has 2 aliphatic carbocycles. The molecule has 6 nitrogen and oxygen atoms in total. The van der Waals surface area contributed by atoms with Gasteiger partial charge in [-0.05, 0) is 37.8 Å². The molecule has 1 spiro atoms. The van der Waals surface area contributed by atoms with Gasteiger partial charge in [-0.2, -0.15) is 0 Å². The summed E-state index contributed by atoms with van der Waals surface area (Å²) in [5, 5.41) is 3.21. The number of hydrogen-bond acceptors (Lipinski definition) is 3. The number of aromatic nitrogens is 1. The molecule has 2 saturated carbocycles. The van der Waals surface area contributed by atoms with Crippen molar-refractivity contribution in [2.24, 2.45) is 11.3 Å². The molecule has 0 unspecified atom stereocenters. The highest BCUT2D eigenvalue weighted by Gasteiger charge is 2.62. The summed E-state index contributed by atoms with van der Waals surface area (Å²) in [4.78, 5) is 33.5. The first-order chi connectivity index (χ1) is 13.1. The van der Waals surface area contributed by atoms with Crippen molar-refractivity contribution in [3.8, 4) is 0 Å². The third kappa shape index (κ3) is 3.94. The summed E-state index contributed by atoms with van der Waals surface area (Å²) in [5.74, 6) is 0.244. The molecule has 2 heterocycles. The van der Waals surface area contributed by atoms with E-state index in [4.69, 9.17) is 0 Å². The van der Waals surface area contributed by atoms with E-state index in [2.05, 4.69) is 10.3 Å². The maximum Gasteiger partial charge on any atom is 0.317 e. The van der Waals surface area contributed by atoms with Crippen molar-refractivity contribution in [2.75, 3.05) is 20.1 Å². The number of likely N-dealkylation sites (tertiary alicyclic amines) is 1. The zero-order valence-electron chi connectivity index (χ0n) is 16.2. The molecule has 3 aliphatic rings. The van der Waals surface area contributed by atoms with Crippen molar-refractivity contribution in [1.82, 2.24) is 20.1 Å². The lowest BCUT2D eigenvalue weighted by molar-refractivity contribution is -0.132. The lowest BCUT2D eigenvalue weighted by Crippen LogP contribution is -2.44. The number of urea groups is 1. The lowest BCUT2D eigenvalue weighted by atomic mass is 9.96. The number of nitrogens with one attached hydrogen (secondary N) is 1. The Morgan fingerprint density at radius 3 is 2.85 bits per heavy atom. The van der Waals surface area contributed by atoms with Crippen LogP contribution in [0.4, 0.5) is 4.79 Å². The molecule has 1 saturated heterocycles. The molecule has 1 N–H and O–H groups in total. The molecule has 3 amide bonds. The van der Waals surface area contributed by atoms with Crippen LogP contribution in [0.5, 0.6) is 0 Å². The Morgan fingerprint density at radius 2 is 2.11 bits per heavy atom. The van der Waals surface area contributed by atoms with Gasteiger partial charge in [-0.3, -0.25) is 9.78 Å². The van der Waals surface area contributed by atoms with Gasteiger partial charge in [-0.15, -0.1) is 0 Å². The zero-order valence-corrected chi connectivity index (χ0v) is 16.2. The number of amides is 3. The van der Waals surface area contributed by atoms with Crippen LogP contribution in [-0.2, 0) is 11.3 Å². The summed E-state index contributed by atoms with van der Waals surface area (Å²) in [6.45, 7) is 2.03. The molecular formula is C21H30N4O2. The standard InChI is InChI=1S/C21H30N4O2/c1-24(14-17-9-5-6-11-22-17)19(26)18-13-21(18)10-12-25(15-21)20(27)23-16-7-3-2-4-8-16/h5-6,9,11,16,18H,2-4,7-8,10,12-15H2,1H3,(H,23,27)/t18-,21+/m1/s1. The minimum atomic E-state index is 0.0133. The smallest absolute Gasteiger partial charge is 0.317 e. The predicted octanol–water partition coefficient (Wildman–Crippen LogP) is 2.79. The minimum Gasteiger partial charge on any atom is -0.340 e. The Kier molecular flexibility index (Phi) is 5.06. The third-order valence-electron chi connectivity index (χ3n) is 6.59. The van der Waals surface area contributed by atoms with Crippen molar-refractivity contribution >= 4 is 11.9 Å². The lowest BCUT2D eigenvalue weighted by Gasteiger charge is -2.26. The van der Waals surface area contributed by atoms with Gasteiger partial charge in [-0.1, -0.05) is 25.3 Å². The Balaban J connectivity index is 1.28. The summed E-state index contributed by atoms with van der Waals surface area (Å²) in [7, 11) is 1.85. The fourth-order valence-electron chi connectivity index (χ4n) is 4.81. The van der Waals surface area contributed by atoms with Gasteiger partial charge in [0.25, 0.3) is 0 Å². The van der Waals surface area contributed by atoms with Gasteiger partial charge >= 0.3 is 6.03 Å². The molecule has 0 bridgehead atoms. The Labute approximate surface area is 161 Å². The molecule has 1 aromatic rings. The third-order valence-corrected chi connectivity index (χ3v) is 6.59. The van der Waals surface area contributed by atoms with E-state index in [0.29, 0.717) is 12.6 Å². The van der Waals surface area contributed by atoms with Crippen LogP contribution in [-0.4, -0.2) is 52.9 Å². The molecule has 3 fully saturated rings. The molecule has 6 heteroatoms. The second-order valence-electron chi connectivity index (χ2n) is 8.59. The van der Waals surface area contributed by atoms with Crippen LogP contribution < -0.4 is 5.32 Å². The van der Waals surface area contributed by atoms with Crippen molar-refractivity contribution in [2.45, 2.75) is 57.5 Å². The minimum absolute atomic E-state index is 0.0133. The van der Waals surface area contributed by atoms with Crippen LogP contribution >= 0.6 is 0 Å². The van der Waals surface area contributed by atoms with Crippen molar-refractivity contribution < 1.29 is 9.59 Å². The second kappa shape index (κ2) is 7.49. The molecule has 0 radical (unpaired) electrons. The highest BCUT2D eigenvalue weighted by atomic mass is 16.2. The molecule has 0 aromatic carbocycles. The second-order valence-corrected chi connectivity index (χ2v) is 8.59. The van der Waals surface area contributed by atoms with Crippen LogP contribution in [0.2, 0.25) is 0 Å². The van der Waals surface area contributed by atoms with Crippen molar-refractivity contribution in [3.05, 3.63) is 30.1 Å². The van der Waals surface area contributed by atoms with Gasteiger partial charge in [0.2, 0.25) is 5.91 Å². The number of nitrogens with zero attached hydrogens (tertiary/aromatic N) is 3. The van der Waals surface area contributed by atoms with Gasteiger partial charge < -0.3 is 15.1 Å². The molecule has 146 valence electrons. The average molecular weight is 370 g/mol. The number of pyridine rings is 1. The zero-order chi connectivity index (χ0) is 18.9. The van der Waals surface area contributed by atoms with E-state index >= 15 is 0 Å². The molecule has 1 aromatic heterocycles. The van der Waals surface area contributed by atoms with Gasteiger partial charge in [0.1, 0.15) is 0 Å². The summed E-state index contributed by atoms with van der Waals surface area (Å²) < 4.78 is 0. The normalized spacial score (nSPS) is 27.6. The summed E-state index contributed by atoms with van der Waals surface area (Å²) >= 11 is 0. The Morgan fingerprint density at radius 1 is 1.30 bits per heavy atom. The topological polar surface area (TPSA) is 65.5 Å². The monoisotopic (exact) mass is 370 g/mol. The molecule has 2 atom stereocenters. The maximum absolute atomic E-state index is 12.8. The van der Waals surface area contributed by atoms with E-state index in [0.717, 1.165) is 44.5 Å². The van der Waals surface area contributed by atoms with Gasteiger partial charge in [-0.25, -0.2) is 4.79 Å². The number of carbonyl (C=O) groups excluding carboxylic acids is 2. The summed E-state index contributed by atoms with van der Waals surface area (Å²) in [5.41, 5.74) is 0.919. The quantitative estimate of drug-likeness (QED) is 0.886. The highest BCUT2D eigenvalue weighted by molar-refractivity contribution is 5.83. The Hall–Kier alpha value is -2.11. The van der Waals surface area contributed by atoms with Crippen LogP contribution in [0.15, 0.2) is 24.4 Å². The molecule has 27 heavy (non-hydrogen) atoms. The van der Waals surface area contributed by atoms with E-state index in [-0.39, 0.29) is 23.3 Å². The SMILES string of the molecule is CN(Cc1ccccn1)C(=O)[C@H]1C[C@]12CCN(C(=O)NC1CCCCC1)C2. The highest BCUT2D eigenvalue weighted by Crippen LogP contribution is 2.59. The average Bonchev–Trinajstić information content (AvgIpc) is 3.21. The van der Waals surface area contributed by atoms with E-state index in [1.165, 1.54) is 19.3 Å². The van der Waals surface area contributed by atoms with Crippen LogP contribution in [0, 0.1) is 11.3 Å².